The van der Waals surface area contributed by atoms with E-state index in [-0.39, 0.29) is 10.6 Å². The Hall–Kier alpha value is -1.07. The Labute approximate surface area is 98.8 Å². The number of nitrogens with one attached hydrogen (secondary N) is 2. The Morgan fingerprint density at radius 3 is 3.19 bits per heavy atom. The zero-order valence-corrected chi connectivity index (χ0v) is 9.92. The summed E-state index contributed by atoms with van der Waals surface area (Å²) >= 11 is 6.00. The van der Waals surface area contributed by atoms with Gasteiger partial charge in [-0.05, 0) is 19.9 Å². The highest BCUT2D eigenvalue weighted by atomic mass is 35.5. The Morgan fingerprint density at radius 2 is 2.56 bits per heavy atom. The van der Waals surface area contributed by atoms with Gasteiger partial charge in [0, 0.05) is 19.1 Å². The van der Waals surface area contributed by atoms with Gasteiger partial charge < -0.3 is 10.6 Å². The van der Waals surface area contributed by atoms with Crippen molar-refractivity contribution in [1.29, 1.82) is 0 Å². The van der Waals surface area contributed by atoms with Crippen LogP contribution in [0.1, 0.15) is 13.3 Å². The first-order valence-electron chi connectivity index (χ1n) is 5.45. The van der Waals surface area contributed by atoms with Gasteiger partial charge in [0.15, 0.2) is 0 Å². The van der Waals surface area contributed by atoms with Crippen LogP contribution in [0.25, 0.3) is 0 Å². The van der Waals surface area contributed by atoms with Crippen molar-refractivity contribution in [3.63, 3.8) is 0 Å². The third kappa shape index (κ3) is 2.20. The number of aromatic nitrogens is 2. The molecule has 2 heterocycles. The molecule has 1 atom stereocenters. The summed E-state index contributed by atoms with van der Waals surface area (Å²) in [6.45, 7) is 4.28. The Kier molecular flexibility index (Phi) is 3.46. The second-order valence-electron chi connectivity index (χ2n) is 3.83. The van der Waals surface area contributed by atoms with E-state index in [4.69, 9.17) is 11.6 Å². The minimum absolute atomic E-state index is 0.226. The quantitative estimate of drug-likeness (QED) is 0.819. The van der Waals surface area contributed by atoms with Crippen molar-refractivity contribution in [3.05, 3.63) is 21.6 Å². The van der Waals surface area contributed by atoms with Crippen LogP contribution < -0.4 is 16.2 Å². The molecular formula is C10H15ClN4O. The monoisotopic (exact) mass is 242 g/mol. The van der Waals surface area contributed by atoms with Crippen LogP contribution >= 0.6 is 11.6 Å². The molecule has 0 bridgehead atoms. The van der Waals surface area contributed by atoms with E-state index >= 15 is 0 Å². The van der Waals surface area contributed by atoms with Crippen LogP contribution in [0.15, 0.2) is 11.0 Å². The van der Waals surface area contributed by atoms with Gasteiger partial charge in [0.2, 0.25) is 0 Å². The van der Waals surface area contributed by atoms with Crippen LogP contribution in [-0.2, 0) is 6.54 Å². The molecule has 0 saturated carbocycles. The molecule has 6 heteroatoms. The average Bonchev–Trinajstić information content (AvgIpc) is 2.78. The maximum atomic E-state index is 11.7. The van der Waals surface area contributed by atoms with E-state index in [1.807, 2.05) is 6.92 Å². The van der Waals surface area contributed by atoms with E-state index < -0.39 is 0 Å². The van der Waals surface area contributed by atoms with Crippen LogP contribution in [0.5, 0.6) is 0 Å². The third-order valence-corrected chi connectivity index (χ3v) is 3.07. The summed E-state index contributed by atoms with van der Waals surface area (Å²) < 4.78 is 1.35. The Morgan fingerprint density at radius 1 is 1.75 bits per heavy atom. The third-order valence-electron chi connectivity index (χ3n) is 2.70. The zero-order valence-electron chi connectivity index (χ0n) is 9.16. The molecule has 1 aliphatic heterocycles. The number of hydrogen-bond acceptors (Lipinski definition) is 4. The van der Waals surface area contributed by atoms with Crippen molar-refractivity contribution in [1.82, 2.24) is 15.1 Å². The van der Waals surface area contributed by atoms with Crippen molar-refractivity contribution >= 4 is 17.3 Å². The highest BCUT2D eigenvalue weighted by molar-refractivity contribution is 6.32. The Bertz CT molecular complexity index is 425. The van der Waals surface area contributed by atoms with E-state index in [0.717, 1.165) is 19.5 Å². The fourth-order valence-electron chi connectivity index (χ4n) is 1.79. The van der Waals surface area contributed by atoms with E-state index in [1.54, 1.807) is 6.20 Å². The van der Waals surface area contributed by atoms with E-state index in [2.05, 4.69) is 15.7 Å². The molecule has 1 aromatic heterocycles. The second-order valence-corrected chi connectivity index (χ2v) is 4.21. The number of rotatable bonds is 3. The molecule has 2 rings (SSSR count). The largest absolute Gasteiger partial charge is 0.378 e. The van der Waals surface area contributed by atoms with Crippen LogP contribution in [0.2, 0.25) is 5.02 Å². The molecular weight excluding hydrogens is 228 g/mol. The molecule has 0 amide bonds. The molecule has 1 unspecified atom stereocenters. The summed E-state index contributed by atoms with van der Waals surface area (Å²) in [5.74, 6) is 0. The fraction of sp³-hybridized carbons (Fsp3) is 0.600. The smallest absolute Gasteiger partial charge is 0.287 e. The zero-order chi connectivity index (χ0) is 11.5. The highest BCUT2D eigenvalue weighted by Gasteiger charge is 2.16. The van der Waals surface area contributed by atoms with Crippen molar-refractivity contribution in [2.75, 3.05) is 18.4 Å². The SMILES string of the molecule is CCn1ncc(NC2CCNC2)c(Cl)c1=O. The van der Waals surface area contributed by atoms with Crippen molar-refractivity contribution in [2.45, 2.75) is 25.9 Å². The lowest BCUT2D eigenvalue weighted by molar-refractivity contribution is 0.615. The number of nitrogens with zero attached hydrogens (tertiary/aromatic N) is 2. The van der Waals surface area contributed by atoms with Gasteiger partial charge in [0.25, 0.3) is 5.56 Å². The highest BCUT2D eigenvalue weighted by Crippen LogP contribution is 2.17. The van der Waals surface area contributed by atoms with Crippen molar-refractivity contribution < 1.29 is 0 Å². The summed E-state index contributed by atoms with van der Waals surface area (Å²) in [7, 11) is 0. The van der Waals surface area contributed by atoms with Crippen molar-refractivity contribution in [3.8, 4) is 0 Å². The topological polar surface area (TPSA) is 59.0 Å². The second kappa shape index (κ2) is 4.84. The van der Waals surface area contributed by atoms with Crippen LogP contribution in [0.4, 0.5) is 5.69 Å². The predicted octanol–water partition coefficient (Wildman–Crippen LogP) is 0.690. The van der Waals surface area contributed by atoms with E-state index in [9.17, 15) is 4.79 Å². The Balaban J connectivity index is 2.21. The minimum atomic E-state index is -0.236. The molecule has 1 saturated heterocycles. The van der Waals surface area contributed by atoms with Crippen LogP contribution in [-0.4, -0.2) is 28.9 Å². The number of hydrogen-bond donors (Lipinski definition) is 2. The summed E-state index contributed by atoms with van der Waals surface area (Å²) in [5, 5.41) is 10.7. The average molecular weight is 243 g/mol. The maximum absolute atomic E-state index is 11.7. The van der Waals surface area contributed by atoms with Gasteiger partial charge in [-0.3, -0.25) is 4.79 Å². The van der Waals surface area contributed by atoms with Crippen LogP contribution in [0, 0.1) is 0 Å². The van der Waals surface area contributed by atoms with Gasteiger partial charge in [-0.25, -0.2) is 4.68 Å². The molecule has 16 heavy (non-hydrogen) atoms. The normalized spacial score (nSPS) is 20.0. The lowest BCUT2D eigenvalue weighted by Gasteiger charge is -2.14. The first-order valence-corrected chi connectivity index (χ1v) is 5.83. The van der Waals surface area contributed by atoms with Crippen molar-refractivity contribution in [2.24, 2.45) is 0 Å². The minimum Gasteiger partial charge on any atom is -0.378 e. The summed E-state index contributed by atoms with van der Waals surface area (Å²) in [6.07, 6.45) is 2.65. The molecule has 88 valence electrons. The summed E-state index contributed by atoms with van der Waals surface area (Å²) in [6, 6.07) is 0.330. The molecule has 2 N–H and O–H groups in total. The van der Waals surface area contributed by atoms with Gasteiger partial charge >= 0.3 is 0 Å². The number of aryl methyl sites for hydroxylation is 1. The van der Waals surface area contributed by atoms with Gasteiger partial charge in [-0.15, -0.1) is 0 Å². The molecule has 1 fully saturated rings. The first kappa shape index (κ1) is 11.4. The van der Waals surface area contributed by atoms with Gasteiger partial charge in [0.05, 0.1) is 11.9 Å². The maximum Gasteiger partial charge on any atom is 0.287 e. The van der Waals surface area contributed by atoms with Gasteiger partial charge in [-0.2, -0.15) is 5.10 Å². The predicted molar refractivity (Wildman–Crippen MR) is 64.1 cm³/mol. The fourth-order valence-corrected chi connectivity index (χ4v) is 1.99. The summed E-state index contributed by atoms with van der Waals surface area (Å²) in [4.78, 5) is 11.7. The van der Waals surface area contributed by atoms with Gasteiger partial charge in [0.1, 0.15) is 5.02 Å². The first-order chi connectivity index (χ1) is 7.72. The lowest BCUT2D eigenvalue weighted by atomic mass is 10.2. The molecule has 0 spiro atoms. The standard InChI is InChI=1S/C10H15ClN4O/c1-2-15-10(16)9(11)8(6-13-15)14-7-3-4-12-5-7/h6-7,12,14H,2-5H2,1H3. The van der Waals surface area contributed by atoms with E-state index in [0.29, 0.717) is 18.3 Å². The molecule has 1 aliphatic rings. The molecule has 0 radical (unpaired) electrons. The molecule has 5 nitrogen and oxygen atoms in total. The van der Waals surface area contributed by atoms with E-state index in [1.165, 1.54) is 4.68 Å². The van der Waals surface area contributed by atoms with Gasteiger partial charge in [-0.1, -0.05) is 11.6 Å². The molecule has 0 aliphatic carbocycles. The van der Waals surface area contributed by atoms with Crippen LogP contribution in [0.3, 0.4) is 0 Å². The summed E-state index contributed by atoms with van der Waals surface area (Å²) in [5.41, 5.74) is 0.394. The molecule has 0 aromatic carbocycles. The molecule has 1 aromatic rings. The number of halogens is 1. The lowest BCUT2D eigenvalue weighted by Crippen LogP contribution is -2.27. The number of anilines is 1.